The lowest BCUT2D eigenvalue weighted by molar-refractivity contribution is -0.140. The van der Waals surface area contributed by atoms with Crippen molar-refractivity contribution in [2.45, 2.75) is 63.9 Å². The number of rotatable bonds is 11. The average molecular weight is 472 g/mol. The van der Waals surface area contributed by atoms with E-state index in [1.807, 2.05) is 34.7 Å². The van der Waals surface area contributed by atoms with Crippen LogP contribution in [0.1, 0.15) is 58.3 Å². The Labute approximate surface area is 170 Å². The summed E-state index contributed by atoms with van der Waals surface area (Å²) in [6.45, 7) is 2.17. The van der Waals surface area contributed by atoms with Gasteiger partial charge in [0.1, 0.15) is 5.60 Å². The molecule has 0 radical (unpaired) electrons. The number of aliphatic hydroxyl groups is 1. The monoisotopic (exact) mass is 472 g/mol. The van der Waals surface area contributed by atoms with E-state index in [-0.39, 0.29) is 11.8 Å². The number of methoxy groups -OCH3 is 1. The van der Waals surface area contributed by atoms with E-state index in [1.54, 1.807) is 18.2 Å². The van der Waals surface area contributed by atoms with Crippen molar-refractivity contribution in [1.82, 2.24) is 0 Å². The zero-order chi connectivity index (χ0) is 19.4. The van der Waals surface area contributed by atoms with Gasteiger partial charge in [-0.3, -0.25) is 9.59 Å². The maximum atomic E-state index is 12.3. The van der Waals surface area contributed by atoms with Gasteiger partial charge in [-0.15, -0.1) is 0 Å². The van der Waals surface area contributed by atoms with Crippen LogP contribution in [0, 0.1) is 0 Å². The van der Waals surface area contributed by atoms with E-state index in [0.717, 1.165) is 12.8 Å². The van der Waals surface area contributed by atoms with Crippen LogP contribution in [-0.4, -0.2) is 29.6 Å². The van der Waals surface area contributed by atoms with E-state index in [1.165, 1.54) is 20.0 Å². The van der Waals surface area contributed by atoms with Gasteiger partial charge in [0.2, 0.25) is 0 Å². The quantitative estimate of drug-likeness (QED) is 0.152. The van der Waals surface area contributed by atoms with Crippen LogP contribution in [0.5, 0.6) is 0 Å². The number of halogens is 1. The molecule has 1 aliphatic carbocycles. The molecule has 0 aliphatic heterocycles. The second-order valence-electron chi connectivity index (χ2n) is 6.39. The Balaban J connectivity index is 2.62. The highest BCUT2D eigenvalue weighted by atomic mass is 127. The van der Waals surface area contributed by atoms with Crippen molar-refractivity contribution in [1.29, 1.82) is 0 Å². The number of ether oxygens (including phenoxy) is 1. The molecule has 1 atom stereocenters. The summed E-state index contributed by atoms with van der Waals surface area (Å²) in [6, 6.07) is 0. The molecule has 0 heterocycles. The number of carbonyl (C=O) groups excluding carboxylic acids is 2. The maximum Gasteiger partial charge on any atom is 0.305 e. The van der Waals surface area contributed by atoms with Crippen molar-refractivity contribution in [3.05, 3.63) is 45.6 Å². The SMILES string of the molecule is CCCCCC=CC[C@@]1(O)C=C(I)C(=O)C1=C/C=C/CCCC(=O)OC. The molecule has 1 rings (SSSR count). The molecule has 0 saturated heterocycles. The van der Waals surface area contributed by atoms with Crippen molar-refractivity contribution in [3.63, 3.8) is 0 Å². The first-order valence-corrected chi connectivity index (χ1v) is 10.3. The van der Waals surface area contributed by atoms with Gasteiger partial charge in [-0.25, -0.2) is 0 Å². The Morgan fingerprint density at radius 1 is 1.23 bits per heavy atom. The summed E-state index contributed by atoms with van der Waals surface area (Å²) in [4.78, 5) is 23.4. The molecule has 0 bridgehead atoms. The summed E-state index contributed by atoms with van der Waals surface area (Å²) in [6.07, 6.45) is 17.8. The van der Waals surface area contributed by atoms with Gasteiger partial charge in [-0.2, -0.15) is 0 Å². The van der Waals surface area contributed by atoms with Gasteiger partial charge in [-0.1, -0.05) is 50.1 Å². The molecule has 0 amide bonds. The largest absolute Gasteiger partial charge is 0.469 e. The van der Waals surface area contributed by atoms with Gasteiger partial charge in [0.05, 0.1) is 10.7 Å². The molecule has 1 N–H and O–H groups in total. The molecule has 0 aromatic rings. The molecule has 0 fully saturated rings. The van der Waals surface area contributed by atoms with Gasteiger partial charge in [0, 0.05) is 18.4 Å². The molecular weight excluding hydrogens is 443 g/mol. The number of ketones is 1. The normalized spacial score (nSPS) is 21.9. The fraction of sp³-hybridized carbons (Fsp3) is 0.524. The number of unbranched alkanes of at least 4 members (excludes halogenated alkanes) is 4. The highest BCUT2D eigenvalue weighted by Gasteiger charge is 2.39. The van der Waals surface area contributed by atoms with Crippen molar-refractivity contribution in [3.8, 4) is 0 Å². The Morgan fingerprint density at radius 2 is 1.96 bits per heavy atom. The van der Waals surface area contributed by atoms with Crippen LogP contribution in [0.25, 0.3) is 0 Å². The van der Waals surface area contributed by atoms with Gasteiger partial charge in [-0.05, 0) is 54.4 Å². The molecule has 0 saturated carbocycles. The summed E-state index contributed by atoms with van der Waals surface area (Å²) < 4.78 is 5.14. The maximum absolute atomic E-state index is 12.3. The smallest absolute Gasteiger partial charge is 0.305 e. The first-order chi connectivity index (χ1) is 12.4. The lowest BCUT2D eigenvalue weighted by Gasteiger charge is -2.20. The van der Waals surface area contributed by atoms with Crippen molar-refractivity contribution in [2.24, 2.45) is 0 Å². The summed E-state index contributed by atoms with van der Waals surface area (Å²) in [5.74, 6) is -0.340. The number of carbonyl (C=O) groups is 2. The molecule has 4 nitrogen and oxygen atoms in total. The molecule has 26 heavy (non-hydrogen) atoms. The van der Waals surface area contributed by atoms with Gasteiger partial charge < -0.3 is 9.84 Å². The van der Waals surface area contributed by atoms with E-state index in [0.29, 0.717) is 34.8 Å². The Kier molecular flexibility index (Phi) is 10.7. The predicted octanol–water partition coefficient (Wildman–Crippen LogP) is 4.97. The van der Waals surface area contributed by atoms with Crippen LogP contribution < -0.4 is 0 Å². The minimum Gasteiger partial charge on any atom is -0.469 e. The zero-order valence-corrected chi connectivity index (χ0v) is 17.8. The third-order valence-corrected chi connectivity index (χ3v) is 5.04. The number of hydrogen-bond acceptors (Lipinski definition) is 4. The molecule has 144 valence electrons. The van der Waals surface area contributed by atoms with Crippen LogP contribution >= 0.6 is 22.6 Å². The Hall–Kier alpha value is -1.21. The number of Topliss-reactive ketones (excluding diaryl/α,β-unsaturated/α-hetero) is 1. The summed E-state index contributed by atoms with van der Waals surface area (Å²) >= 11 is 1.97. The third kappa shape index (κ3) is 7.58. The van der Waals surface area contributed by atoms with Gasteiger partial charge in [0.15, 0.2) is 5.78 Å². The summed E-state index contributed by atoms with van der Waals surface area (Å²) in [7, 11) is 1.38. The molecule has 0 spiro atoms. The van der Waals surface area contributed by atoms with Crippen molar-refractivity contribution in [2.75, 3.05) is 7.11 Å². The van der Waals surface area contributed by atoms with Crippen LogP contribution in [0.4, 0.5) is 0 Å². The van der Waals surface area contributed by atoms with Crippen molar-refractivity contribution < 1.29 is 19.4 Å². The first-order valence-electron chi connectivity index (χ1n) is 9.19. The molecule has 0 aromatic carbocycles. The molecule has 0 unspecified atom stereocenters. The fourth-order valence-electron chi connectivity index (χ4n) is 2.69. The van der Waals surface area contributed by atoms with Crippen molar-refractivity contribution >= 4 is 34.3 Å². The Morgan fingerprint density at radius 3 is 2.65 bits per heavy atom. The molecular formula is C21H29IO4. The third-order valence-electron chi connectivity index (χ3n) is 4.24. The first kappa shape index (κ1) is 22.8. The lowest BCUT2D eigenvalue weighted by Crippen LogP contribution is -2.27. The highest BCUT2D eigenvalue weighted by molar-refractivity contribution is 14.1. The Bertz CT molecular complexity index is 601. The molecule has 0 aromatic heterocycles. The van der Waals surface area contributed by atoms with Gasteiger partial charge >= 0.3 is 5.97 Å². The van der Waals surface area contributed by atoms with Crippen LogP contribution in [-0.2, 0) is 14.3 Å². The van der Waals surface area contributed by atoms with E-state index in [4.69, 9.17) is 0 Å². The topological polar surface area (TPSA) is 63.6 Å². The average Bonchev–Trinajstić information content (AvgIpc) is 2.83. The number of hydrogen-bond donors (Lipinski definition) is 1. The predicted molar refractivity (Wildman–Crippen MR) is 113 cm³/mol. The second kappa shape index (κ2) is 12.2. The van der Waals surface area contributed by atoms with E-state index >= 15 is 0 Å². The molecule has 5 heteroatoms. The summed E-state index contributed by atoms with van der Waals surface area (Å²) in [5, 5.41) is 10.9. The minimum atomic E-state index is -1.23. The number of allylic oxidation sites excluding steroid dienone is 5. The lowest BCUT2D eigenvalue weighted by atomic mass is 9.92. The highest BCUT2D eigenvalue weighted by Crippen LogP contribution is 2.36. The van der Waals surface area contributed by atoms with Crippen LogP contribution in [0.15, 0.2) is 45.6 Å². The second-order valence-corrected chi connectivity index (χ2v) is 7.56. The van der Waals surface area contributed by atoms with Gasteiger partial charge in [0.25, 0.3) is 0 Å². The summed E-state index contributed by atoms with van der Waals surface area (Å²) in [5.41, 5.74) is -0.824. The van der Waals surface area contributed by atoms with E-state index in [9.17, 15) is 14.7 Å². The molecule has 1 aliphatic rings. The van der Waals surface area contributed by atoms with Crippen LogP contribution in [0.3, 0.4) is 0 Å². The minimum absolute atomic E-state index is 0.119. The van der Waals surface area contributed by atoms with E-state index in [2.05, 4.69) is 17.7 Å². The standard InChI is InChI=1S/C21H29IO4/c1-3-4-5-6-9-12-15-21(25)16-18(22)20(24)17(21)13-10-7-8-11-14-19(23)26-2/h7,9-10,12-13,16,25H,3-6,8,11,14-15H2,1-2H3/b10-7+,12-9?,17-13?/t21-/m1/s1. The van der Waals surface area contributed by atoms with E-state index < -0.39 is 5.60 Å². The zero-order valence-electron chi connectivity index (χ0n) is 15.7. The number of esters is 1. The van der Waals surface area contributed by atoms with Crippen LogP contribution in [0.2, 0.25) is 0 Å². The fourth-order valence-corrected chi connectivity index (χ4v) is 3.49.